The topological polar surface area (TPSA) is 0 Å². The second-order valence-corrected chi connectivity index (χ2v) is 44.8. The van der Waals surface area contributed by atoms with E-state index in [4.69, 9.17) is 0 Å². The summed E-state index contributed by atoms with van der Waals surface area (Å²) in [5, 5.41) is 0. The fourth-order valence-electron chi connectivity index (χ4n) is 0. The first-order chi connectivity index (χ1) is 1.73. The average molecular weight is 456 g/mol. The van der Waals surface area contributed by atoms with Crippen molar-refractivity contribution in [1.29, 1.82) is 0 Å². The first-order valence-electron chi connectivity index (χ1n) is 0.507. The van der Waals surface area contributed by atoms with Gasteiger partial charge in [-0.3, -0.25) is 0 Å². The zero-order valence-electron chi connectivity index (χ0n) is 1.58. The van der Waals surface area contributed by atoms with Gasteiger partial charge < -0.3 is 0 Å². The molecule has 0 rings (SSSR count). The average Bonchev–Trinajstić information content (AvgIpc) is 0.811. The summed E-state index contributed by atoms with van der Waals surface area (Å²) in [7, 11) is 0. The number of rotatable bonds is 0. The fourth-order valence-corrected chi connectivity index (χ4v) is 0. The molecular formula is AsI3. The molecule has 0 aliphatic rings. The van der Waals surface area contributed by atoms with E-state index in [1.165, 1.54) is 0 Å². The Labute approximate surface area is 63.3 Å². The Hall–Kier alpha value is 2.75. The van der Waals surface area contributed by atoms with Crippen LogP contribution >= 0.6 is 60.4 Å². The van der Waals surface area contributed by atoms with Gasteiger partial charge >= 0.3 is 65.0 Å². The summed E-state index contributed by atoms with van der Waals surface area (Å²) >= 11 is 7.39. The number of halogens is 3. The predicted octanol–water partition coefficient (Wildman–Crippen LogP) is 2.28. The van der Waals surface area contributed by atoms with Crippen molar-refractivity contribution in [3.05, 3.63) is 0 Å². The van der Waals surface area contributed by atoms with Crippen molar-refractivity contribution in [1.82, 2.24) is 0 Å². The molecule has 0 fully saturated rings. The molecule has 0 atom stereocenters. The molecule has 0 aliphatic heterocycles. The van der Waals surface area contributed by atoms with E-state index in [-0.39, 0.29) is 4.61 Å². The van der Waals surface area contributed by atoms with E-state index in [9.17, 15) is 0 Å². The molecule has 0 aromatic heterocycles. The van der Waals surface area contributed by atoms with Gasteiger partial charge in [0.25, 0.3) is 0 Å². The third kappa shape index (κ3) is 8.83. The molecule has 0 saturated heterocycles. The Morgan fingerprint density at radius 2 is 1.00 bits per heavy atom. The molecule has 4 heavy (non-hydrogen) atoms. The molecule has 0 N–H and O–H groups in total. The standard InChI is InChI=1S/AsI3/c2-1(3)4. The Morgan fingerprint density at radius 1 is 1.00 bits per heavy atom. The van der Waals surface area contributed by atoms with Gasteiger partial charge in [0, 0.05) is 0 Å². The van der Waals surface area contributed by atoms with Crippen LogP contribution in [0, 0.1) is 0 Å². The van der Waals surface area contributed by atoms with Gasteiger partial charge in [-0.25, -0.2) is 0 Å². The van der Waals surface area contributed by atoms with Crippen LogP contribution < -0.4 is 0 Å². The van der Waals surface area contributed by atoms with E-state index in [0.29, 0.717) is 0 Å². The summed E-state index contributed by atoms with van der Waals surface area (Å²) in [6.07, 6.45) is 0. The van der Waals surface area contributed by atoms with E-state index in [1.807, 2.05) is 0 Å². The molecular weight excluding hydrogens is 456 g/mol. The fraction of sp³-hybridized carbons (Fsp3) is 0. The van der Waals surface area contributed by atoms with E-state index in [1.54, 1.807) is 0 Å². The summed E-state index contributed by atoms with van der Waals surface area (Å²) in [6, 6.07) is 0. The maximum absolute atomic E-state index is 2.46. The summed E-state index contributed by atoms with van der Waals surface area (Å²) in [5.41, 5.74) is 0. The second-order valence-electron chi connectivity index (χ2n) is 0.192. The summed E-state index contributed by atoms with van der Waals surface area (Å²) in [5.74, 6) is 0. The van der Waals surface area contributed by atoms with E-state index in [0.717, 1.165) is 0 Å². The molecule has 0 spiro atoms. The van der Waals surface area contributed by atoms with E-state index < -0.39 is 0 Å². The van der Waals surface area contributed by atoms with Crippen LogP contribution in [0.2, 0.25) is 0 Å². The van der Waals surface area contributed by atoms with Gasteiger partial charge in [-0.1, -0.05) is 0 Å². The molecule has 0 bridgehead atoms. The van der Waals surface area contributed by atoms with Gasteiger partial charge in [0.15, 0.2) is 0 Å². The van der Waals surface area contributed by atoms with Gasteiger partial charge in [-0.2, -0.15) is 0 Å². The van der Waals surface area contributed by atoms with Crippen LogP contribution in [-0.2, 0) is 0 Å². The molecule has 0 unspecified atom stereocenters. The molecule has 0 saturated carbocycles. The normalized spacial score (nSPS) is 9.00. The van der Waals surface area contributed by atoms with Crippen molar-refractivity contribution < 1.29 is 0 Å². The molecule has 4 heteroatoms. The monoisotopic (exact) mass is 456 g/mol. The van der Waals surface area contributed by atoms with Crippen LogP contribution in [0.5, 0.6) is 0 Å². The van der Waals surface area contributed by atoms with Crippen molar-refractivity contribution in [2.45, 2.75) is 0 Å². The van der Waals surface area contributed by atoms with Gasteiger partial charge in [0.1, 0.15) is 0 Å². The third-order valence-electron chi connectivity index (χ3n) is 0. The summed E-state index contributed by atoms with van der Waals surface area (Å²) < 4.78 is -0.278. The van der Waals surface area contributed by atoms with Gasteiger partial charge in [-0.15, -0.1) is 0 Å². The van der Waals surface area contributed by atoms with Crippen LogP contribution in [0.4, 0.5) is 0 Å². The zero-order valence-corrected chi connectivity index (χ0v) is 9.93. The first kappa shape index (κ1) is 6.75. The van der Waals surface area contributed by atoms with Crippen molar-refractivity contribution in [2.75, 3.05) is 0 Å². The second kappa shape index (κ2) is 3.92. The molecule has 0 aliphatic carbocycles. The number of hydrogen-bond acceptors (Lipinski definition) is 0. The van der Waals surface area contributed by atoms with Crippen molar-refractivity contribution in [3.63, 3.8) is 0 Å². The van der Waals surface area contributed by atoms with Gasteiger partial charge in [0.2, 0.25) is 0 Å². The molecule has 0 aromatic rings. The van der Waals surface area contributed by atoms with E-state index >= 15 is 0 Å². The van der Waals surface area contributed by atoms with Crippen LogP contribution in [0.1, 0.15) is 0 Å². The van der Waals surface area contributed by atoms with Crippen molar-refractivity contribution >= 4 is 65.0 Å². The maximum atomic E-state index is 2.46. The van der Waals surface area contributed by atoms with Crippen LogP contribution in [0.3, 0.4) is 0 Å². The zero-order chi connectivity index (χ0) is 3.58. The number of hydrogen-bond donors (Lipinski definition) is 0. The Morgan fingerprint density at radius 3 is 1.00 bits per heavy atom. The van der Waals surface area contributed by atoms with Crippen LogP contribution in [-0.4, -0.2) is 4.61 Å². The molecule has 0 nitrogen and oxygen atoms in total. The van der Waals surface area contributed by atoms with Crippen molar-refractivity contribution in [2.24, 2.45) is 0 Å². The molecule has 0 radical (unpaired) electrons. The quantitative estimate of drug-likeness (QED) is 0.388. The summed E-state index contributed by atoms with van der Waals surface area (Å²) in [6.45, 7) is 0. The molecule has 0 amide bonds. The Balaban J connectivity index is 2.32. The molecule has 0 aromatic carbocycles. The predicted molar refractivity (Wildman–Crippen MR) is 47.8 cm³/mol. The Kier molecular flexibility index (Phi) is 6.62. The van der Waals surface area contributed by atoms with Crippen LogP contribution in [0.15, 0.2) is 0 Å². The third-order valence-corrected chi connectivity index (χ3v) is 0. The van der Waals surface area contributed by atoms with E-state index in [2.05, 4.69) is 60.4 Å². The van der Waals surface area contributed by atoms with Crippen molar-refractivity contribution in [3.8, 4) is 0 Å². The Bertz CT molecular complexity index is 8.00. The minimum atomic E-state index is -0.278. The van der Waals surface area contributed by atoms with Gasteiger partial charge in [0.05, 0.1) is 0 Å². The SMILES string of the molecule is I[As](I)I. The molecule has 0 heterocycles. The first-order valence-corrected chi connectivity index (χ1v) is 17.7. The van der Waals surface area contributed by atoms with Gasteiger partial charge in [-0.05, 0) is 0 Å². The van der Waals surface area contributed by atoms with Crippen LogP contribution in [0.25, 0.3) is 0 Å². The summed E-state index contributed by atoms with van der Waals surface area (Å²) in [4.78, 5) is 0. The minimum absolute atomic E-state index is 0.278. The molecule has 26 valence electrons.